The molecule has 1 amide bonds. The summed E-state index contributed by atoms with van der Waals surface area (Å²) in [4.78, 5) is 22.4. The van der Waals surface area contributed by atoms with Gasteiger partial charge in [0.25, 0.3) is 11.6 Å². The van der Waals surface area contributed by atoms with Crippen LogP contribution in [0.25, 0.3) is 0 Å². The van der Waals surface area contributed by atoms with Gasteiger partial charge in [-0.1, -0.05) is 29.3 Å². The Hall–Kier alpha value is -2.64. The molecule has 2 rings (SSSR count). The van der Waals surface area contributed by atoms with Crippen molar-refractivity contribution < 1.29 is 14.5 Å². The van der Waals surface area contributed by atoms with Gasteiger partial charge in [-0.2, -0.15) is 5.10 Å². The summed E-state index contributed by atoms with van der Waals surface area (Å²) in [6.07, 6.45) is 0.478. The van der Waals surface area contributed by atoms with E-state index in [1.807, 2.05) is 13.8 Å². The molecule has 0 fully saturated rings. The number of rotatable bonds is 6. The average molecular weight is 410 g/mol. The zero-order valence-corrected chi connectivity index (χ0v) is 16.3. The van der Waals surface area contributed by atoms with Crippen molar-refractivity contribution >= 4 is 41.0 Å². The third-order valence-corrected chi connectivity index (χ3v) is 4.56. The number of benzene rings is 2. The fourth-order valence-corrected chi connectivity index (χ4v) is 2.54. The topological polar surface area (TPSA) is 93.8 Å². The van der Waals surface area contributed by atoms with Crippen LogP contribution in [-0.2, 0) is 4.79 Å². The quantitative estimate of drug-likeness (QED) is 0.433. The maximum absolute atomic E-state index is 12.1. The molecule has 2 aromatic carbocycles. The van der Waals surface area contributed by atoms with Crippen LogP contribution in [0.4, 0.5) is 5.69 Å². The molecule has 0 aliphatic carbocycles. The predicted molar refractivity (Wildman–Crippen MR) is 105 cm³/mol. The number of hydrogen-bond donors (Lipinski definition) is 1. The van der Waals surface area contributed by atoms with Gasteiger partial charge < -0.3 is 4.74 Å². The lowest BCUT2D eigenvalue weighted by molar-refractivity contribution is -0.384. The Labute approximate surface area is 166 Å². The number of nitrogens with one attached hydrogen (secondary N) is 1. The summed E-state index contributed by atoms with van der Waals surface area (Å²) in [5.41, 5.74) is 4.21. The molecule has 0 aliphatic rings. The van der Waals surface area contributed by atoms with Gasteiger partial charge in [-0.05, 0) is 50.1 Å². The van der Waals surface area contributed by atoms with Crippen LogP contribution in [0.3, 0.4) is 0 Å². The van der Waals surface area contributed by atoms with Crippen LogP contribution in [0.15, 0.2) is 35.4 Å². The summed E-state index contributed by atoms with van der Waals surface area (Å²) in [5.74, 6) is 0.0503. The first kappa shape index (κ1) is 20.7. The Kier molecular flexibility index (Phi) is 6.76. The molecule has 0 saturated carbocycles. The first-order valence-electron chi connectivity index (χ1n) is 7.89. The van der Waals surface area contributed by atoms with Crippen LogP contribution < -0.4 is 10.2 Å². The minimum Gasteiger partial charge on any atom is -0.481 e. The second kappa shape index (κ2) is 8.83. The zero-order valence-electron chi connectivity index (χ0n) is 14.8. The summed E-state index contributed by atoms with van der Waals surface area (Å²) < 4.78 is 5.61. The van der Waals surface area contributed by atoms with Crippen LogP contribution in [0.1, 0.15) is 23.6 Å². The molecule has 1 atom stereocenters. The van der Waals surface area contributed by atoms with E-state index in [4.69, 9.17) is 27.9 Å². The van der Waals surface area contributed by atoms with Gasteiger partial charge in [0.05, 0.1) is 11.1 Å². The Balaban J connectivity index is 2.00. The maximum Gasteiger partial charge on any atom is 0.288 e. The number of carbonyl (C=O) groups is 1. The van der Waals surface area contributed by atoms with Gasteiger partial charge in [-0.3, -0.25) is 14.9 Å². The lowest BCUT2D eigenvalue weighted by atomic mass is 10.1. The van der Waals surface area contributed by atoms with E-state index < -0.39 is 16.9 Å². The molecule has 0 aromatic heterocycles. The zero-order chi connectivity index (χ0) is 20.1. The van der Waals surface area contributed by atoms with Crippen LogP contribution in [0.2, 0.25) is 10.0 Å². The lowest BCUT2D eigenvalue weighted by Crippen LogP contribution is -2.33. The molecular weight excluding hydrogens is 393 g/mol. The summed E-state index contributed by atoms with van der Waals surface area (Å²) in [6, 6.07) is 7.69. The molecule has 0 aliphatic heterocycles. The lowest BCUT2D eigenvalue weighted by Gasteiger charge is -2.14. The predicted octanol–water partition coefficient (Wildman–Crippen LogP) is 4.44. The number of nitro groups is 1. The highest BCUT2D eigenvalue weighted by atomic mass is 35.5. The smallest absolute Gasteiger partial charge is 0.288 e. The Morgan fingerprint density at radius 3 is 2.48 bits per heavy atom. The number of nitrogens with zero attached hydrogens (tertiary/aromatic N) is 2. The van der Waals surface area contributed by atoms with Crippen LogP contribution in [0, 0.1) is 24.0 Å². The first-order valence-corrected chi connectivity index (χ1v) is 8.65. The van der Waals surface area contributed by atoms with Gasteiger partial charge in [0, 0.05) is 16.7 Å². The summed E-state index contributed by atoms with van der Waals surface area (Å²) >= 11 is 11.9. The molecule has 0 heterocycles. The fourth-order valence-electron chi connectivity index (χ4n) is 2.24. The number of ether oxygens (including phenoxy) is 1. The third-order valence-electron chi connectivity index (χ3n) is 3.65. The van der Waals surface area contributed by atoms with Crippen molar-refractivity contribution in [2.24, 2.45) is 5.10 Å². The number of carbonyl (C=O) groups excluding carboxylic acids is 1. The summed E-state index contributed by atoms with van der Waals surface area (Å²) in [5, 5.41) is 15.3. The van der Waals surface area contributed by atoms with Crippen molar-refractivity contribution in [1.82, 2.24) is 5.43 Å². The minimum atomic E-state index is -0.804. The monoisotopic (exact) mass is 409 g/mol. The Bertz CT molecular complexity index is 892. The Morgan fingerprint density at radius 2 is 1.89 bits per heavy atom. The molecule has 0 saturated heterocycles. The second-order valence-corrected chi connectivity index (χ2v) is 6.62. The summed E-state index contributed by atoms with van der Waals surface area (Å²) in [6.45, 7) is 5.28. The van der Waals surface area contributed by atoms with Crippen molar-refractivity contribution in [3.63, 3.8) is 0 Å². The van der Waals surface area contributed by atoms with Gasteiger partial charge in [0.1, 0.15) is 10.8 Å². The fraction of sp³-hybridized carbons (Fsp3) is 0.222. The van der Waals surface area contributed by atoms with Crippen molar-refractivity contribution in [3.8, 4) is 5.75 Å². The highest BCUT2D eigenvalue weighted by Crippen LogP contribution is 2.26. The first-order chi connectivity index (χ1) is 12.7. The van der Waals surface area contributed by atoms with Crippen LogP contribution in [0.5, 0.6) is 5.75 Å². The van der Waals surface area contributed by atoms with E-state index in [0.717, 1.165) is 11.1 Å². The van der Waals surface area contributed by atoms with Crippen molar-refractivity contribution in [2.45, 2.75) is 26.9 Å². The molecule has 0 radical (unpaired) electrons. The molecule has 27 heavy (non-hydrogen) atoms. The highest BCUT2D eigenvalue weighted by molar-refractivity contribution is 6.32. The van der Waals surface area contributed by atoms with Gasteiger partial charge in [0.2, 0.25) is 0 Å². The molecule has 1 N–H and O–H groups in total. The molecule has 142 valence electrons. The second-order valence-electron chi connectivity index (χ2n) is 5.83. The van der Waals surface area contributed by atoms with Gasteiger partial charge >= 0.3 is 0 Å². The van der Waals surface area contributed by atoms with Gasteiger partial charge in [-0.25, -0.2) is 5.43 Å². The van der Waals surface area contributed by atoms with Crippen molar-refractivity contribution in [1.29, 1.82) is 0 Å². The SMILES string of the molecule is Cc1cc(OC(C)C(=O)NN=Cc2ccc(Cl)c([N+](=O)[O-])c2)cc(C)c1Cl. The number of hydrogen-bond acceptors (Lipinski definition) is 5. The molecule has 7 nitrogen and oxygen atoms in total. The average Bonchev–Trinajstić information content (AvgIpc) is 2.60. The molecule has 0 spiro atoms. The van der Waals surface area contributed by atoms with E-state index >= 15 is 0 Å². The standard InChI is InChI=1S/C18H17Cl2N3O4/c1-10-6-14(7-11(2)17(10)20)27-12(3)18(24)22-21-9-13-4-5-15(19)16(8-13)23(25)26/h4-9,12H,1-3H3,(H,22,24). The highest BCUT2D eigenvalue weighted by Gasteiger charge is 2.15. The van der Waals surface area contributed by atoms with E-state index in [-0.39, 0.29) is 10.7 Å². The molecule has 0 bridgehead atoms. The van der Waals surface area contributed by atoms with E-state index in [1.165, 1.54) is 18.3 Å². The number of amides is 1. The molecule has 1 unspecified atom stereocenters. The summed E-state index contributed by atoms with van der Waals surface area (Å²) in [7, 11) is 0. The molecule has 2 aromatic rings. The number of nitro benzene ring substituents is 1. The number of aryl methyl sites for hydroxylation is 2. The molecular formula is C18H17Cl2N3O4. The van der Waals surface area contributed by atoms with E-state index in [0.29, 0.717) is 16.3 Å². The molecule has 9 heteroatoms. The van der Waals surface area contributed by atoms with Crippen LogP contribution in [-0.4, -0.2) is 23.1 Å². The van der Waals surface area contributed by atoms with Gasteiger partial charge in [-0.15, -0.1) is 0 Å². The third kappa shape index (κ3) is 5.42. The van der Waals surface area contributed by atoms with E-state index in [9.17, 15) is 14.9 Å². The van der Waals surface area contributed by atoms with E-state index in [1.54, 1.807) is 25.1 Å². The normalized spacial score (nSPS) is 12.0. The largest absolute Gasteiger partial charge is 0.481 e. The van der Waals surface area contributed by atoms with Crippen LogP contribution >= 0.6 is 23.2 Å². The number of halogens is 2. The minimum absolute atomic E-state index is 0.0248. The maximum atomic E-state index is 12.1. The van der Waals surface area contributed by atoms with Crippen molar-refractivity contribution in [3.05, 3.63) is 67.2 Å². The number of hydrazone groups is 1. The van der Waals surface area contributed by atoms with Gasteiger partial charge in [0.15, 0.2) is 6.10 Å². The van der Waals surface area contributed by atoms with Crippen molar-refractivity contribution in [2.75, 3.05) is 0 Å². The Morgan fingerprint density at radius 1 is 1.26 bits per heavy atom. The van der Waals surface area contributed by atoms with E-state index in [2.05, 4.69) is 10.5 Å².